The second-order valence-corrected chi connectivity index (χ2v) is 12.1. The van der Waals surface area contributed by atoms with Gasteiger partial charge < -0.3 is 19.5 Å². The molecule has 40 heavy (non-hydrogen) atoms. The number of amides is 2. The number of carbonyl (C=O) groups is 2. The van der Waals surface area contributed by atoms with Gasteiger partial charge in [0.25, 0.3) is 0 Å². The molecule has 0 saturated heterocycles. The van der Waals surface area contributed by atoms with E-state index in [4.69, 9.17) is 19.3 Å². The summed E-state index contributed by atoms with van der Waals surface area (Å²) in [6, 6.07) is 13.9. The van der Waals surface area contributed by atoms with Crippen molar-refractivity contribution >= 4 is 29.4 Å². The fraction of sp³-hybridized carbons (Fsp3) is 0.433. The summed E-state index contributed by atoms with van der Waals surface area (Å²) in [5, 5.41) is 7.89. The lowest BCUT2D eigenvalue weighted by Gasteiger charge is -2.25. The van der Waals surface area contributed by atoms with Crippen LogP contribution in [0.25, 0.3) is 5.69 Å². The highest BCUT2D eigenvalue weighted by atomic mass is 32.2. The Morgan fingerprint density at radius 3 is 2.70 bits per heavy atom. The lowest BCUT2D eigenvalue weighted by molar-refractivity contribution is -0.122. The quantitative estimate of drug-likeness (QED) is 0.402. The van der Waals surface area contributed by atoms with Crippen LogP contribution in [0.3, 0.4) is 0 Å². The van der Waals surface area contributed by atoms with Crippen molar-refractivity contribution in [3.05, 3.63) is 64.8 Å². The van der Waals surface area contributed by atoms with Crippen LogP contribution in [0.2, 0.25) is 0 Å². The first kappa shape index (κ1) is 28.0. The first-order valence-electron chi connectivity index (χ1n) is 13.5. The van der Waals surface area contributed by atoms with Crippen molar-refractivity contribution in [3.63, 3.8) is 0 Å². The fourth-order valence-corrected chi connectivity index (χ4v) is 6.21. The third-order valence-corrected chi connectivity index (χ3v) is 8.25. The number of fused-ring (bicyclic) bond motifs is 2. The Balaban J connectivity index is 1.68. The van der Waals surface area contributed by atoms with Crippen molar-refractivity contribution in [2.75, 3.05) is 44.3 Å². The number of carbonyl (C=O) groups excluding carboxylic acids is 2. The molecule has 0 fully saturated rings. The van der Waals surface area contributed by atoms with E-state index in [0.29, 0.717) is 36.9 Å². The molecule has 1 aromatic heterocycles. The van der Waals surface area contributed by atoms with Gasteiger partial charge in [0, 0.05) is 31.2 Å². The summed E-state index contributed by atoms with van der Waals surface area (Å²) in [6.07, 6.45) is 0.693. The molecule has 0 aliphatic carbocycles. The molecule has 1 N–H and O–H groups in total. The molecular weight excluding hydrogens is 528 g/mol. The number of benzene rings is 2. The lowest BCUT2D eigenvalue weighted by atomic mass is 9.87. The average Bonchev–Trinajstić information content (AvgIpc) is 3.52. The average molecular weight is 565 g/mol. The summed E-state index contributed by atoms with van der Waals surface area (Å²) in [4.78, 5) is 28.5. The van der Waals surface area contributed by atoms with E-state index in [1.807, 2.05) is 54.1 Å². The van der Waals surface area contributed by atoms with Gasteiger partial charge in [-0.3, -0.25) is 14.5 Å². The van der Waals surface area contributed by atoms with E-state index in [1.165, 1.54) is 0 Å². The number of methoxy groups -OCH3 is 1. The maximum atomic E-state index is 13.8. The number of nitrogens with zero attached hydrogens (tertiary/aromatic N) is 3. The van der Waals surface area contributed by atoms with Gasteiger partial charge >= 0.3 is 0 Å². The highest BCUT2D eigenvalue weighted by Crippen LogP contribution is 2.50. The number of ether oxygens (including phenoxy) is 3. The smallest absolute Gasteiger partial charge is 0.240 e. The van der Waals surface area contributed by atoms with E-state index in [1.54, 1.807) is 23.8 Å². The van der Waals surface area contributed by atoms with Crippen molar-refractivity contribution in [1.82, 2.24) is 15.1 Å². The summed E-state index contributed by atoms with van der Waals surface area (Å²) in [7, 11) is 1.63. The maximum absolute atomic E-state index is 13.8. The molecule has 3 aromatic rings. The molecule has 2 aliphatic heterocycles. The van der Waals surface area contributed by atoms with Crippen molar-refractivity contribution in [1.29, 1.82) is 0 Å². The van der Waals surface area contributed by atoms with Crippen LogP contribution in [-0.4, -0.2) is 60.9 Å². The zero-order chi connectivity index (χ0) is 28.4. The molecule has 1 atom stereocenters. The predicted octanol–water partition coefficient (Wildman–Crippen LogP) is 4.53. The van der Waals surface area contributed by atoms with Gasteiger partial charge in [-0.25, -0.2) is 4.68 Å². The van der Waals surface area contributed by atoms with Gasteiger partial charge in [-0.2, -0.15) is 5.10 Å². The number of thioether (sulfide) groups is 1. The first-order chi connectivity index (χ1) is 19.2. The molecule has 10 heteroatoms. The monoisotopic (exact) mass is 564 g/mol. The van der Waals surface area contributed by atoms with Crippen molar-refractivity contribution in [2.45, 2.75) is 44.8 Å². The Kier molecular flexibility index (Phi) is 8.09. The molecule has 5 rings (SSSR count). The summed E-state index contributed by atoms with van der Waals surface area (Å²) < 4.78 is 18.2. The van der Waals surface area contributed by atoms with Gasteiger partial charge in [0.15, 0.2) is 11.5 Å². The van der Waals surface area contributed by atoms with E-state index < -0.39 is 0 Å². The molecule has 1 unspecified atom stereocenters. The molecule has 0 saturated carbocycles. The van der Waals surface area contributed by atoms with Crippen molar-refractivity contribution in [3.8, 4) is 17.2 Å². The number of hydrogen-bond donors (Lipinski definition) is 1. The number of hydrogen-bond acceptors (Lipinski definition) is 7. The number of aryl methyl sites for hydroxylation is 1. The highest BCUT2D eigenvalue weighted by Gasteiger charge is 2.40. The van der Waals surface area contributed by atoms with Crippen LogP contribution in [-0.2, 0) is 19.7 Å². The third kappa shape index (κ3) is 5.55. The van der Waals surface area contributed by atoms with Crippen LogP contribution in [0.1, 0.15) is 54.8 Å². The van der Waals surface area contributed by atoms with Crippen LogP contribution in [0, 0.1) is 6.92 Å². The van der Waals surface area contributed by atoms with Gasteiger partial charge in [-0.15, -0.1) is 11.8 Å². The molecule has 2 amide bonds. The van der Waals surface area contributed by atoms with Gasteiger partial charge in [0.1, 0.15) is 12.4 Å². The number of para-hydroxylation sites is 1. The SMILES string of the molecule is COCCCNC(=O)CN1C(=O)CSC(c2ccc3c(c2)OCO3)c2c(C(C)(C)C)nn(-c3ccccc3C)c21. The summed E-state index contributed by atoms with van der Waals surface area (Å²) >= 11 is 1.54. The van der Waals surface area contributed by atoms with Crippen LogP contribution >= 0.6 is 11.8 Å². The zero-order valence-electron chi connectivity index (χ0n) is 23.7. The van der Waals surface area contributed by atoms with E-state index in [0.717, 1.165) is 28.1 Å². The standard InChI is InChI=1S/C30H36N4O5S/c1-19-9-6-7-10-21(19)34-29-26(28(32-34)30(2,3)4)27(20-11-12-22-23(15-20)39-18-38-22)40-17-25(36)33(29)16-24(35)31-13-8-14-37-5/h6-7,9-12,15,27H,8,13-14,16-18H2,1-5H3,(H,31,35). The fourth-order valence-electron chi connectivity index (χ4n) is 5.03. The Bertz CT molecular complexity index is 1410. The van der Waals surface area contributed by atoms with E-state index in [-0.39, 0.29) is 41.6 Å². The molecule has 2 aromatic carbocycles. The lowest BCUT2D eigenvalue weighted by Crippen LogP contribution is -2.42. The van der Waals surface area contributed by atoms with Gasteiger partial charge in [0.2, 0.25) is 18.6 Å². The number of anilines is 1. The van der Waals surface area contributed by atoms with Crippen LogP contribution in [0.5, 0.6) is 11.5 Å². The normalized spacial score (nSPS) is 16.6. The Hall–Kier alpha value is -3.50. The van der Waals surface area contributed by atoms with Crippen LogP contribution in [0.4, 0.5) is 5.82 Å². The van der Waals surface area contributed by atoms with Crippen molar-refractivity contribution < 1.29 is 23.8 Å². The molecule has 0 bridgehead atoms. The van der Waals surface area contributed by atoms with Gasteiger partial charge in [-0.05, 0) is 42.7 Å². The van der Waals surface area contributed by atoms with Crippen LogP contribution in [0.15, 0.2) is 42.5 Å². The number of aromatic nitrogens is 2. The Labute approximate surface area is 239 Å². The topological polar surface area (TPSA) is 94.9 Å². The predicted molar refractivity (Wildman–Crippen MR) is 156 cm³/mol. The van der Waals surface area contributed by atoms with E-state index >= 15 is 0 Å². The van der Waals surface area contributed by atoms with Gasteiger partial charge in [-0.1, -0.05) is 45.0 Å². The molecule has 3 heterocycles. The van der Waals surface area contributed by atoms with E-state index in [9.17, 15) is 9.59 Å². The highest BCUT2D eigenvalue weighted by molar-refractivity contribution is 8.00. The summed E-state index contributed by atoms with van der Waals surface area (Å²) in [5.74, 6) is 1.86. The molecule has 212 valence electrons. The second kappa shape index (κ2) is 11.5. The maximum Gasteiger partial charge on any atom is 0.240 e. The van der Waals surface area contributed by atoms with Crippen molar-refractivity contribution in [2.24, 2.45) is 0 Å². The number of nitrogens with one attached hydrogen (secondary N) is 1. The zero-order valence-corrected chi connectivity index (χ0v) is 24.5. The number of rotatable bonds is 8. The third-order valence-electron chi connectivity index (χ3n) is 6.99. The first-order valence-corrected chi connectivity index (χ1v) is 14.5. The largest absolute Gasteiger partial charge is 0.454 e. The second-order valence-electron chi connectivity index (χ2n) is 11.0. The molecule has 0 spiro atoms. The van der Waals surface area contributed by atoms with E-state index in [2.05, 4.69) is 26.1 Å². The molecule has 9 nitrogen and oxygen atoms in total. The minimum Gasteiger partial charge on any atom is -0.454 e. The molecule has 2 aliphatic rings. The summed E-state index contributed by atoms with van der Waals surface area (Å²) in [5.41, 5.74) is 4.34. The molecular formula is C30H36N4O5S. The summed E-state index contributed by atoms with van der Waals surface area (Å²) in [6.45, 7) is 9.50. The minimum atomic E-state index is -0.339. The Morgan fingerprint density at radius 2 is 1.95 bits per heavy atom. The minimum absolute atomic E-state index is 0.103. The Morgan fingerprint density at radius 1 is 1.18 bits per heavy atom. The van der Waals surface area contributed by atoms with Gasteiger partial charge in [0.05, 0.1) is 22.4 Å². The molecule has 0 radical (unpaired) electrons. The van der Waals surface area contributed by atoms with Crippen LogP contribution < -0.4 is 19.7 Å².